The number of sulfonamides is 1. The van der Waals surface area contributed by atoms with Gasteiger partial charge in [0, 0.05) is 6.04 Å². The maximum Gasteiger partial charge on any atom is 0.286 e. The first-order chi connectivity index (χ1) is 13.1. The van der Waals surface area contributed by atoms with Crippen molar-refractivity contribution in [3.05, 3.63) is 59.7 Å². The van der Waals surface area contributed by atoms with Crippen molar-refractivity contribution in [2.24, 2.45) is 10.3 Å². The zero-order valence-corrected chi connectivity index (χ0v) is 18.0. The zero-order chi connectivity index (χ0) is 20.5. The molecule has 0 unspecified atom stereocenters. The normalized spacial score (nSPS) is 16.9. The average Bonchev–Trinajstić information content (AvgIpc) is 2.61. The number of amidine groups is 1. The van der Waals surface area contributed by atoms with E-state index in [0.717, 1.165) is 0 Å². The van der Waals surface area contributed by atoms with Gasteiger partial charge in [0.05, 0.1) is 12.2 Å². The number of anilines is 1. The molecule has 1 atom stereocenters. The van der Waals surface area contributed by atoms with Crippen molar-refractivity contribution in [1.29, 1.82) is 0 Å². The van der Waals surface area contributed by atoms with Gasteiger partial charge in [-0.05, 0) is 34.6 Å². The molecule has 2 aromatic carbocycles. The second-order valence-corrected chi connectivity index (χ2v) is 10.2. The minimum absolute atomic E-state index is 0.0957. The van der Waals surface area contributed by atoms with E-state index in [4.69, 9.17) is 0 Å². The minimum Gasteiger partial charge on any atom is -0.341 e. The second kappa shape index (κ2) is 7.68. The Kier molecular flexibility index (Phi) is 5.64. The smallest absolute Gasteiger partial charge is 0.286 e. The number of nitrogens with zero attached hydrogens (tertiary/aromatic N) is 1. The monoisotopic (exact) mass is 399 g/mol. The molecule has 5 nitrogen and oxygen atoms in total. The number of hydrogen-bond donors (Lipinski definition) is 2. The van der Waals surface area contributed by atoms with Crippen molar-refractivity contribution in [2.75, 3.05) is 11.9 Å². The van der Waals surface area contributed by atoms with Gasteiger partial charge in [0.15, 0.2) is 0 Å². The number of hydrogen-bond acceptors (Lipinski definition) is 4. The summed E-state index contributed by atoms with van der Waals surface area (Å²) in [5.41, 5.74) is 3.16. The molecule has 2 aromatic rings. The van der Waals surface area contributed by atoms with Crippen LogP contribution in [0.25, 0.3) is 0 Å². The van der Waals surface area contributed by atoms with Crippen molar-refractivity contribution >= 4 is 21.5 Å². The predicted molar refractivity (Wildman–Crippen MR) is 115 cm³/mol. The quantitative estimate of drug-likeness (QED) is 0.777. The number of para-hydroxylation sites is 1. The van der Waals surface area contributed by atoms with Crippen LogP contribution in [0, 0.1) is 5.92 Å². The van der Waals surface area contributed by atoms with Gasteiger partial charge in [0.2, 0.25) is 0 Å². The Morgan fingerprint density at radius 1 is 1.04 bits per heavy atom. The highest BCUT2D eigenvalue weighted by molar-refractivity contribution is 7.90. The molecule has 0 bridgehead atoms. The first-order valence-corrected chi connectivity index (χ1v) is 11.1. The van der Waals surface area contributed by atoms with Crippen LogP contribution in [0.1, 0.15) is 51.8 Å². The standard InChI is InChI=1S/C22H29N3O2S/c1-15(2)21(16-10-12-17(13-11-16)22(3,4)5)23-14-20-24-18-8-6-7-9-19(18)28(26,27)25-20/h6-13,15,21,23H,14H2,1-5H3,(H,24,25)/t21-/m0/s1. The third kappa shape index (κ3) is 4.45. The molecule has 0 saturated heterocycles. The fraction of sp³-hybridized carbons (Fsp3) is 0.409. The first-order valence-electron chi connectivity index (χ1n) is 9.61. The van der Waals surface area contributed by atoms with E-state index in [0.29, 0.717) is 24.0 Å². The van der Waals surface area contributed by atoms with Gasteiger partial charge < -0.3 is 10.6 Å². The van der Waals surface area contributed by atoms with Gasteiger partial charge in [0.1, 0.15) is 10.7 Å². The highest BCUT2D eigenvalue weighted by Crippen LogP contribution is 2.28. The molecule has 150 valence electrons. The highest BCUT2D eigenvalue weighted by Gasteiger charge is 2.25. The fourth-order valence-corrected chi connectivity index (χ4v) is 4.53. The Morgan fingerprint density at radius 2 is 1.68 bits per heavy atom. The predicted octanol–water partition coefficient (Wildman–Crippen LogP) is 4.48. The summed E-state index contributed by atoms with van der Waals surface area (Å²) in [6.45, 7) is 11.2. The Bertz CT molecular complexity index is 972. The van der Waals surface area contributed by atoms with Crippen LogP contribution in [0.15, 0.2) is 57.8 Å². The lowest BCUT2D eigenvalue weighted by molar-refractivity contribution is 0.432. The van der Waals surface area contributed by atoms with Crippen LogP contribution in [0.3, 0.4) is 0 Å². The molecule has 6 heteroatoms. The van der Waals surface area contributed by atoms with Gasteiger partial charge in [-0.3, -0.25) is 0 Å². The van der Waals surface area contributed by atoms with Gasteiger partial charge in [0.25, 0.3) is 10.0 Å². The van der Waals surface area contributed by atoms with Gasteiger partial charge in [-0.1, -0.05) is 71.0 Å². The van der Waals surface area contributed by atoms with E-state index in [-0.39, 0.29) is 16.4 Å². The third-order valence-corrected chi connectivity index (χ3v) is 6.34. The maximum atomic E-state index is 12.4. The summed E-state index contributed by atoms with van der Waals surface area (Å²) in [4.78, 5) is 0.219. The molecule has 2 N–H and O–H groups in total. The van der Waals surface area contributed by atoms with Gasteiger partial charge >= 0.3 is 0 Å². The molecule has 0 fully saturated rings. The van der Waals surface area contributed by atoms with Crippen molar-refractivity contribution in [3.63, 3.8) is 0 Å². The second-order valence-electron chi connectivity index (χ2n) is 8.61. The molecule has 1 aliphatic heterocycles. The van der Waals surface area contributed by atoms with E-state index in [1.54, 1.807) is 18.2 Å². The van der Waals surface area contributed by atoms with Crippen LogP contribution in [-0.4, -0.2) is 20.8 Å². The van der Waals surface area contributed by atoms with E-state index in [9.17, 15) is 8.42 Å². The molecule has 1 heterocycles. The lowest BCUT2D eigenvalue weighted by atomic mass is 9.85. The van der Waals surface area contributed by atoms with E-state index in [2.05, 4.69) is 73.9 Å². The Balaban J connectivity index is 1.77. The molecule has 0 amide bonds. The summed E-state index contributed by atoms with van der Waals surface area (Å²) >= 11 is 0. The number of rotatable bonds is 5. The Hall–Kier alpha value is -2.18. The van der Waals surface area contributed by atoms with Gasteiger partial charge in [-0.25, -0.2) is 0 Å². The van der Waals surface area contributed by atoms with E-state index in [1.165, 1.54) is 11.1 Å². The van der Waals surface area contributed by atoms with Crippen LogP contribution in [0.4, 0.5) is 5.69 Å². The van der Waals surface area contributed by atoms with E-state index >= 15 is 0 Å². The molecular weight excluding hydrogens is 370 g/mol. The summed E-state index contributed by atoms with van der Waals surface area (Å²) in [5, 5.41) is 6.61. The summed E-state index contributed by atoms with van der Waals surface area (Å²) in [7, 11) is -3.66. The number of fused-ring (bicyclic) bond motifs is 1. The summed E-state index contributed by atoms with van der Waals surface area (Å²) in [5.74, 6) is 0.754. The highest BCUT2D eigenvalue weighted by atomic mass is 32.2. The molecule has 0 saturated carbocycles. The molecular formula is C22H29N3O2S. The lowest BCUT2D eigenvalue weighted by Crippen LogP contribution is -2.36. The minimum atomic E-state index is -3.66. The fourth-order valence-electron chi connectivity index (χ4n) is 3.38. The molecule has 0 spiro atoms. The maximum absolute atomic E-state index is 12.4. The van der Waals surface area contributed by atoms with E-state index in [1.807, 2.05) is 6.07 Å². The Morgan fingerprint density at radius 3 is 2.29 bits per heavy atom. The van der Waals surface area contributed by atoms with Crippen molar-refractivity contribution < 1.29 is 8.42 Å². The summed E-state index contributed by atoms with van der Waals surface area (Å²) in [6.07, 6.45) is 0. The van der Waals surface area contributed by atoms with E-state index < -0.39 is 10.0 Å². The van der Waals surface area contributed by atoms with Crippen LogP contribution >= 0.6 is 0 Å². The van der Waals surface area contributed by atoms with Crippen molar-refractivity contribution in [3.8, 4) is 0 Å². The van der Waals surface area contributed by atoms with Crippen LogP contribution < -0.4 is 10.6 Å². The molecule has 28 heavy (non-hydrogen) atoms. The first kappa shape index (κ1) is 20.6. The molecule has 3 rings (SSSR count). The van der Waals surface area contributed by atoms with Gasteiger partial charge in [-0.15, -0.1) is 4.40 Å². The number of benzene rings is 2. The lowest BCUT2D eigenvalue weighted by Gasteiger charge is -2.26. The SMILES string of the molecule is CC(C)[C@H](NCC1=NS(=O)(=O)c2ccccc2N1)c1ccc(C(C)(C)C)cc1. The molecule has 1 aliphatic rings. The zero-order valence-electron chi connectivity index (χ0n) is 17.2. The topological polar surface area (TPSA) is 70.6 Å². The molecule has 0 aliphatic carbocycles. The Labute approximate surface area is 168 Å². The van der Waals surface area contributed by atoms with Gasteiger partial charge in [-0.2, -0.15) is 8.42 Å². The van der Waals surface area contributed by atoms with Crippen LogP contribution in [-0.2, 0) is 15.4 Å². The third-order valence-electron chi connectivity index (χ3n) is 4.97. The van der Waals surface area contributed by atoms with Crippen LogP contribution in [0.5, 0.6) is 0 Å². The number of nitrogens with one attached hydrogen (secondary N) is 2. The molecule has 0 aromatic heterocycles. The average molecular weight is 400 g/mol. The summed E-state index contributed by atoms with van der Waals surface area (Å²) in [6, 6.07) is 15.6. The molecule has 0 radical (unpaired) electrons. The summed E-state index contributed by atoms with van der Waals surface area (Å²) < 4.78 is 28.8. The van der Waals surface area contributed by atoms with Crippen molar-refractivity contribution in [2.45, 2.75) is 51.0 Å². The van der Waals surface area contributed by atoms with Crippen LogP contribution in [0.2, 0.25) is 0 Å². The largest absolute Gasteiger partial charge is 0.341 e. The van der Waals surface area contributed by atoms with Crippen molar-refractivity contribution in [1.82, 2.24) is 5.32 Å².